The van der Waals surface area contributed by atoms with E-state index in [1.165, 1.54) is 6.07 Å². The van der Waals surface area contributed by atoms with Gasteiger partial charge in [-0.2, -0.15) is 0 Å². The van der Waals surface area contributed by atoms with Crippen LogP contribution in [0.25, 0.3) is 0 Å². The first-order valence-electron chi connectivity index (χ1n) is 8.76. The molecule has 3 aromatic rings. The SMILES string of the molecule is Cl.Nc1nonc1C(=O)NCCNCc1cc(Br)ccc1OCc1ccccc1F. The molecule has 0 radical (unpaired) electrons. The van der Waals surface area contributed by atoms with E-state index in [-0.39, 0.29) is 36.3 Å². The van der Waals surface area contributed by atoms with Gasteiger partial charge in [-0.25, -0.2) is 9.02 Å². The fourth-order valence-electron chi connectivity index (χ4n) is 2.52. The van der Waals surface area contributed by atoms with Crippen LogP contribution in [-0.2, 0) is 13.2 Å². The van der Waals surface area contributed by atoms with Crippen molar-refractivity contribution in [1.29, 1.82) is 0 Å². The Morgan fingerprint density at radius 2 is 1.97 bits per heavy atom. The molecule has 1 amide bonds. The Balaban J connectivity index is 0.00000320. The second kappa shape index (κ2) is 11.5. The molecule has 1 heterocycles. The molecule has 0 aliphatic carbocycles. The summed E-state index contributed by atoms with van der Waals surface area (Å²) in [5.74, 6) is -0.166. The summed E-state index contributed by atoms with van der Waals surface area (Å²) in [6.45, 7) is 1.47. The maximum atomic E-state index is 13.8. The van der Waals surface area contributed by atoms with Gasteiger partial charge in [0.05, 0.1) is 0 Å². The zero-order valence-corrected chi connectivity index (χ0v) is 18.1. The van der Waals surface area contributed by atoms with E-state index in [2.05, 4.69) is 41.5 Å². The maximum Gasteiger partial charge on any atom is 0.277 e. The first-order valence-corrected chi connectivity index (χ1v) is 9.55. The molecule has 8 nitrogen and oxygen atoms in total. The van der Waals surface area contributed by atoms with Crippen LogP contribution in [0.3, 0.4) is 0 Å². The van der Waals surface area contributed by atoms with Gasteiger partial charge in [0.25, 0.3) is 5.91 Å². The molecule has 30 heavy (non-hydrogen) atoms. The van der Waals surface area contributed by atoms with E-state index >= 15 is 0 Å². The largest absolute Gasteiger partial charge is 0.488 e. The topological polar surface area (TPSA) is 115 Å². The van der Waals surface area contributed by atoms with Crippen LogP contribution >= 0.6 is 28.3 Å². The zero-order valence-electron chi connectivity index (χ0n) is 15.7. The van der Waals surface area contributed by atoms with Crippen LogP contribution in [0.1, 0.15) is 21.6 Å². The number of rotatable bonds is 9. The smallest absolute Gasteiger partial charge is 0.277 e. The lowest BCUT2D eigenvalue weighted by atomic mass is 10.2. The number of halogens is 3. The van der Waals surface area contributed by atoms with Crippen molar-refractivity contribution in [2.45, 2.75) is 13.2 Å². The van der Waals surface area contributed by atoms with Gasteiger partial charge in [0.1, 0.15) is 18.2 Å². The van der Waals surface area contributed by atoms with Crippen LogP contribution in [0, 0.1) is 5.82 Å². The number of aromatic nitrogens is 2. The normalized spacial score (nSPS) is 10.3. The molecule has 3 rings (SSSR count). The first-order chi connectivity index (χ1) is 14.0. The third-order valence-corrected chi connectivity index (χ3v) is 4.49. The third kappa shape index (κ3) is 6.41. The summed E-state index contributed by atoms with van der Waals surface area (Å²) in [6, 6.07) is 12.1. The summed E-state index contributed by atoms with van der Waals surface area (Å²) in [7, 11) is 0. The summed E-state index contributed by atoms with van der Waals surface area (Å²) in [5, 5.41) is 12.7. The highest BCUT2D eigenvalue weighted by molar-refractivity contribution is 9.10. The second-order valence-electron chi connectivity index (χ2n) is 6.06. The number of ether oxygens (including phenoxy) is 1. The number of benzene rings is 2. The highest BCUT2D eigenvalue weighted by atomic mass is 79.9. The minimum atomic E-state index is -0.457. The lowest BCUT2D eigenvalue weighted by molar-refractivity contribution is 0.0944. The van der Waals surface area contributed by atoms with Crippen molar-refractivity contribution in [3.8, 4) is 5.75 Å². The molecule has 0 saturated heterocycles. The molecular formula is C19H20BrClFN5O3. The lowest BCUT2D eigenvalue weighted by Crippen LogP contribution is -2.32. The number of carbonyl (C=O) groups is 1. The summed E-state index contributed by atoms with van der Waals surface area (Å²) < 4.78 is 24.9. The molecule has 11 heteroatoms. The van der Waals surface area contributed by atoms with Crippen molar-refractivity contribution < 1.29 is 18.6 Å². The fourth-order valence-corrected chi connectivity index (χ4v) is 2.93. The zero-order chi connectivity index (χ0) is 20.6. The summed E-state index contributed by atoms with van der Waals surface area (Å²) in [6.07, 6.45) is 0. The van der Waals surface area contributed by atoms with Gasteiger partial charge in [-0.15, -0.1) is 12.4 Å². The molecule has 0 atom stereocenters. The molecule has 0 spiro atoms. The van der Waals surface area contributed by atoms with Gasteiger partial charge >= 0.3 is 0 Å². The molecule has 4 N–H and O–H groups in total. The molecule has 0 aliphatic rings. The Kier molecular flexibility index (Phi) is 9.03. The Morgan fingerprint density at radius 1 is 1.17 bits per heavy atom. The number of amides is 1. The van der Waals surface area contributed by atoms with E-state index in [1.54, 1.807) is 18.2 Å². The Labute approximate surface area is 186 Å². The minimum absolute atomic E-state index is 0. The van der Waals surface area contributed by atoms with Crippen molar-refractivity contribution >= 4 is 40.1 Å². The van der Waals surface area contributed by atoms with Crippen LogP contribution in [0.15, 0.2) is 51.6 Å². The number of hydrogen-bond acceptors (Lipinski definition) is 7. The number of anilines is 1. The standard InChI is InChI=1S/C19H19BrFN5O3.ClH/c20-14-5-6-16(28-11-12-3-1-2-4-15(12)21)13(9-14)10-23-7-8-24-19(27)17-18(22)26-29-25-17;/h1-6,9,23H,7-8,10-11H2,(H2,22,26)(H,24,27);1H. The van der Waals surface area contributed by atoms with Crippen LogP contribution in [0.2, 0.25) is 0 Å². The number of carbonyl (C=O) groups excluding carboxylic acids is 1. The van der Waals surface area contributed by atoms with E-state index in [0.29, 0.717) is 30.9 Å². The first kappa shape index (κ1) is 23.6. The fraction of sp³-hybridized carbons (Fsp3) is 0.211. The average Bonchev–Trinajstić information content (AvgIpc) is 3.14. The monoisotopic (exact) mass is 499 g/mol. The number of hydrogen-bond donors (Lipinski definition) is 3. The highest BCUT2D eigenvalue weighted by Crippen LogP contribution is 2.24. The Bertz CT molecular complexity index is 988. The Hall–Kier alpha value is -2.69. The van der Waals surface area contributed by atoms with Crippen molar-refractivity contribution in [2.24, 2.45) is 0 Å². The van der Waals surface area contributed by atoms with Crippen LogP contribution < -0.4 is 21.1 Å². The number of nitrogens with zero attached hydrogens (tertiary/aromatic N) is 2. The molecule has 0 saturated carbocycles. The third-order valence-electron chi connectivity index (χ3n) is 4.00. The van der Waals surface area contributed by atoms with E-state index in [4.69, 9.17) is 10.5 Å². The summed E-state index contributed by atoms with van der Waals surface area (Å²) in [4.78, 5) is 11.9. The second-order valence-corrected chi connectivity index (χ2v) is 6.98. The molecule has 1 aromatic heterocycles. The van der Waals surface area contributed by atoms with E-state index in [9.17, 15) is 9.18 Å². The van der Waals surface area contributed by atoms with Gasteiger partial charge in [-0.3, -0.25) is 4.79 Å². The van der Waals surface area contributed by atoms with Crippen LogP contribution in [0.4, 0.5) is 10.2 Å². The van der Waals surface area contributed by atoms with Crippen molar-refractivity contribution in [3.63, 3.8) is 0 Å². The van der Waals surface area contributed by atoms with Crippen molar-refractivity contribution in [1.82, 2.24) is 20.9 Å². The van der Waals surface area contributed by atoms with Gasteiger partial charge in [-0.05, 0) is 34.6 Å². The molecule has 2 aromatic carbocycles. The molecule has 0 bridgehead atoms. The lowest BCUT2D eigenvalue weighted by Gasteiger charge is -2.13. The predicted molar refractivity (Wildman–Crippen MR) is 115 cm³/mol. The Morgan fingerprint density at radius 3 is 2.70 bits per heavy atom. The number of nitrogens with one attached hydrogen (secondary N) is 2. The van der Waals surface area contributed by atoms with Gasteiger partial charge in [0.2, 0.25) is 11.5 Å². The summed E-state index contributed by atoms with van der Waals surface area (Å²) in [5.41, 5.74) is 6.81. The van der Waals surface area contributed by atoms with Gasteiger partial charge in [-0.1, -0.05) is 34.1 Å². The number of nitrogen functional groups attached to an aromatic ring is 1. The van der Waals surface area contributed by atoms with Gasteiger partial charge < -0.3 is 21.1 Å². The van der Waals surface area contributed by atoms with Crippen molar-refractivity contribution in [3.05, 3.63) is 69.6 Å². The molecule has 160 valence electrons. The van der Waals surface area contributed by atoms with E-state index < -0.39 is 5.91 Å². The van der Waals surface area contributed by atoms with Gasteiger partial charge in [0, 0.05) is 35.2 Å². The summed E-state index contributed by atoms with van der Waals surface area (Å²) >= 11 is 3.44. The van der Waals surface area contributed by atoms with E-state index in [0.717, 1.165) is 10.0 Å². The molecular weight excluding hydrogens is 481 g/mol. The molecule has 0 unspecified atom stereocenters. The van der Waals surface area contributed by atoms with Crippen LogP contribution in [-0.4, -0.2) is 29.3 Å². The molecule has 0 fully saturated rings. The maximum absolute atomic E-state index is 13.8. The van der Waals surface area contributed by atoms with Crippen molar-refractivity contribution in [2.75, 3.05) is 18.8 Å². The number of nitrogens with two attached hydrogens (primary N) is 1. The average molecular weight is 501 g/mol. The van der Waals surface area contributed by atoms with Crippen LogP contribution in [0.5, 0.6) is 5.75 Å². The van der Waals surface area contributed by atoms with E-state index in [1.807, 2.05) is 18.2 Å². The van der Waals surface area contributed by atoms with Gasteiger partial charge in [0.15, 0.2) is 0 Å². The quantitative estimate of drug-likeness (QED) is 0.387. The predicted octanol–water partition coefficient (Wildman–Crippen LogP) is 3.07. The highest BCUT2D eigenvalue weighted by Gasteiger charge is 2.15. The molecule has 0 aliphatic heterocycles. The minimum Gasteiger partial charge on any atom is -0.488 e.